The maximum Gasteiger partial charge on any atom is 0.221 e. The maximum absolute atomic E-state index is 11.7. The van der Waals surface area contributed by atoms with Crippen LogP contribution in [0.4, 0.5) is 5.69 Å². The molecule has 0 heterocycles. The molecule has 0 aliphatic rings. The number of amides is 1. The third-order valence-corrected chi connectivity index (χ3v) is 3.54. The fourth-order valence-electron chi connectivity index (χ4n) is 2.25. The fourth-order valence-corrected chi connectivity index (χ4v) is 2.25. The Morgan fingerprint density at radius 3 is 2.41 bits per heavy atom. The standard InChI is InChI=1S/C19H24N2O/c1-16-9-11-18(12-10-16)20-15-13-19(22)21-14-5-8-17-6-3-2-4-7-17/h2-4,6-7,9-12,20H,5,8,13-15H2,1H3,(H,21,22). The summed E-state index contributed by atoms with van der Waals surface area (Å²) in [5.41, 5.74) is 3.61. The number of nitrogens with one attached hydrogen (secondary N) is 2. The van der Waals surface area contributed by atoms with E-state index in [2.05, 4.69) is 41.8 Å². The molecular formula is C19H24N2O. The Labute approximate surface area is 132 Å². The molecular weight excluding hydrogens is 272 g/mol. The zero-order valence-electron chi connectivity index (χ0n) is 13.1. The Kier molecular flexibility index (Phi) is 6.49. The molecule has 3 nitrogen and oxygen atoms in total. The highest BCUT2D eigenvalue weighted by Crippen LogP contribution is 2.08. The van der Waals surface area contributed by atoms with E-state index >= 15 is 0 Å². The summed E-state index contributed by atoms with van der Waals surface area (Å²) in [4.78, 5) is 11.7. The van der Waals surface area contributed by atoms with Crippen LogP contribution in [0.2, 0.25) is 0 Å². The van der Waals surface area contributed by atoms with Crippen molar-refractivity contribution < 1.29 is 4.79 Å². The van der Waals surface area contributed by atoms with E-state index in [1.807, 2.05) is 30.3 Å². The predicted molar refractivity (Wildman–Crippen MR) is 92.1 cm³/mol. The molecule has 0 saturated carbocycles. The summed E-state index contributed by atoms with van der Waals surface area (Å²) < 4.78 is 0. The molecule has 116 valence electrons. The van der Waals surface area contributed by atoms with E-state index in [0.717, 1.165) is 25.1 Å². The van der Waals surface area contributed by atoms with Crippen LogP contribution in [0.25, 0.3) is 0 Å². The van der Waals surface area contributed by atoms with Gasteiger partial charge in [0.25, 0.3) is 0 Å². The molecule has 22 heavy (non-hydrogen) atoms. The van der Waals surface area contributed by atoms with Crippen LogP contribution < -0.4 is 10.6 Å². The van der Waals surface area contributed by atoms with Crippen LogP contribution in [0.15, 0.2) is 54.6 Å². The highest BCUT2D eigenvalue weighted by atomic mass is 16.1. The fraction of sp³-hybridized carbons (Fsp3) is 0.316. The first-order valence-electron chi connectivity index (χ1n) is 7.85. The van der Waals surface area contributed by atoms with E-state index < -0.39 is 0 Å². The van der Waals surface area contributed by atoms with Crippen LogP contribution >= 0.6 is 0 Å². The lowest BCUT2D eigenvalue weighted by Crippen LogP contribution is -2.26. The smallest absolute Gasteiger partial charge is 0.221 e. The third kappa shape index (κ3) is 6.00. The third-order valence-electron chi connectivity index (χ3n) is 3.54. The van der Waals surface area contributed by atoms with Crippen molar-refractivity contribution in [2.24, 2.45) is 0 Å². The zero-order chi connectivity index (χ0) is 15.6. The van der Waals surface area contributed by atoms with E-state index in [4.69, 9.17) is 0 Å². The van der Waals surface area contributed by atoms with Gasteiger partial charge in [-0.05, 0) is 37.5 Å². The Hall–Kier alpha value is -2.29. The molecule has 0 aliphatic heterocycles. The molecule has 0 fully saturated rings. The van der Waals surface area contributed by atoms with E-state index in [-0.39, 0.29) is 5.91 Å². The van der Waals surface area contributed by atoms with Gasteiger partial charge in [-0.15, -0.1) is 0 Å². The average molecular weight is 296 g/mol. The normalized spacial score (nSPS) is 10.2. The molecule has 0 aliphatic carbocycles. The summed E-state index contributed by atoms with van der Waals surface area (Å²) in [6, 6.07) is 18.5. The lowest BCUT2D eigenvalue weighted by atomic mass is 10.1. The van der Waals surface area contributed by atoms with Gasteiger partial charge in [0.15, 0.2) is 0 Å². The van der Waals surface area contributed by atoms with Gasteiger partial charge in [0.2, 0.25) is 5.91 Å². The van der Waals surface area contributed by atoms with Gasteiger partial charge in [-0.2, -0.15) is 0 Å². The molecule has 0 bridgehead atoms. The van der Waals surface area contributed by atoms with Crippen molar-refractivity contribution in [1.29, 1.82) is 0 Å². The number of benzene rings is 2. The van der Waals surface area contributed by atoms with Gasteiger partial charge in [-0.25, -0.2) is 0 Å². The first-order chi connectivity index (χ1) is 10.7. The van der Waals surface area contributed by atoms with Crippen molar-refractivity contribution >= 4 is 11.6 Å². The molecule has 0 radical (unpaired) electrons. The summed E-state index contributed by atoms with van der Waals surface area (Å²) in [5.74, 6) is 0.104. The number of hydrogen-bond acceptors (Lipinski definition) is 2. The van der Waals surface area contributed by atoms with Crippen LogP contribution in [0, 0.1) is 6.92 Å². The highest BCUT2D eigenvalue weighted by Gasteiger charge is 2.00. The maximum atomic E-state index is 11.7. The van der Waals surface area contributed by atoms with Gasteiger partial charge in [0.1, 0.15) is 0 Å². The van der Waals surface area contributed by atoms with Crippen molar-refractivity contribution in [1.82, 2.24) is 5.32 Å². The van der Waals surface area contributed by atoms with Crippen LogP contribution in [0.1, 0.15) is 24.0 Å². The van der Waals surface area contributed by atoms with Crippen LogP contribution in [0.3, 0.4) is 0 Å². The molecule has 2 N–H and O–H groups in total. The summed E-state index contributed by atoms with van der Waals surface area (Å²) in [5, 5.41) is 6.23. The number of carbonyl (C=O) groups excluding carboxylic acids is 1. The zero-order valence-corrected chi connectivity index (χ0v) is 13.1. The van der Waals surface area contributed by atoms with Gasteiger partial charge >= 0.3 is 0 Å². The Balaban J connectivity index is 1.55. The minimum Gasteiger partial charge on any atom is -0.385 e. The number of rotatable bonds is 8. The molecule has 1 amide bonds. The molecule has 2 aromatic carbocycles. The molecule has 2 rings (SSSR count). The molecule has 0 spiro atoms. The second kappa shape index (κ2) is 8.88. The van der Waals surface area contributed by atoms with Gasteiger partial charge in [0.05, 0.1) is 0 Å². The van der Waals surface area contributed by atoms with Crippen LogP contribution in [-0.4, -0.2) is 19.0 Å². The topological polar surface area (TPSA) is 41.1 Å². The minimum atomic E-state index is 0.104. The Morgan fingerprint density at radius 2 is 1.68 bits per heavy atom. The predicted octanol–water partition coefficient (Wildman–Crippen LogP) is 3.55. The summed E-state index contributed by atoms with van der Waals surface area (Å²) in [6.07, 6.45) is 2.48. The highest BCUT2D eigenvalue weighted by molar-refractivity contribution is 5.76. The van der Waals surface area contributed by atoms with Crippen LogP contribution in [-0.2, 0) is 11.2 Å². The number of hydrogen-bond donors (Lipinski definition) is 2. The van der Waals surface area contributed by atoms with E-state index in [1.54, 1.807) is 0 Å². The first kappa shape index (κ1) is 16.1. The molecule has 0 aromatic heterocycles. The van der Waals surface area contributed by atoms with E-state index in [0.29, 0.717) is 13.0 Å². The second-order valence-corrected chi connectivity index (χ2v) is 5.48. The lowest BCUT2D eigenvalue weighted by Gasteiger charge is -2.08. The Morgan fingerprint density at radius 1 is 0.955 bits per heavy atom. The quantitative estimate of drug-likeness (QED) is 0.732. The number of carbonyl (C=O) groups is 1. The van der Waals surface area contributed by atoms with E-state index in [1.165, 1.54) is 11.1 Å². The Bertz CT molecular complexity index is 564. The van der Waals surface area contributed by atoms with Crippen molar-refractivity contribution in [3.8, 4) is 0 Å². The van der Waals surface area contributed by atoms with E-state index in [9.17, 15) is 4.79 Å². The van der Waals surface area contributed by atoms with Gasteiger partial charge < -0.3 is 10.6 Å². The monoisotopic (exact) mass is 296 g/mol. The second-order valence-electron chi connectivity index (χ2n) is 5.48. The van der Waals surface area contributed by atoms with Crippen molar-refractivity contribution in [3.63, 3.8) is 0 Å². The number of aryl methyl sites for hydroxylation is 2. The first-order valence-corrected chi connectivity index (χ1v) is 7.85. The van der Waals surface area contributed by atoms with Gasteiger partial charge in [0, 0.05) is 25.2 Å². The van der Waals surface area contributed by atoms with Gasteiger partial charge in [-0.1, -0.05) is 48.0 Å². The van der Waals surface area contributed by atoms with Gasteiger partial charge in [-0.3, -0.25) is 4.79 Å². The number of anilines is 1. The SMILES string of the molecule is Cc1ccc(NCCC(=O)NCCCc2ccccc2)cc1. The van der Waals surface area contributed by atoms with Crippen molar-refractivity contribution in [3.05, 3.63) is 65.7 Å². The minimum absolute atomic E-state index is 0.104. The summed E-state index contributed by atoms with van der Waals surface area (Å²) in [6.45, 7) is 3.46. The molecule has 3 heteroatoms. The lowest BCUT2D eigenvalue weighted by molar-refractivity contribution is -0.120. The molecule has 0 saturated heterocycles. The largest absolute Gasteiger partial charge is 0.385 e. The van der Waals surface area contributed by atoms with Crippen molar-refractivity contribution in [2.75, 3.05) is 18.4 Å². The molecule has 0 unspecified atom stereocenters. The summed E-state index contributed by atoms with van der Waals surface area (Å²) in [7, 11) is 0. The summed E-state index contributed by atoms with van der Waals surface area (Å²) >= 11 is 0. The molecule has 2 aromatic rings. The molecule has 0 atom stereocenters. The van der Waals surface area contributed by atoms with Crippen LogP contribution in [0.5, 0.6) is 0 Å². The van der Waals surface area contributed by atoms with Crippen molar-refractivity contribution in [2.45, 2.75) is 26.2 Å². The average Bonchev–Trinajstić information content (AvgIpc) is 2.54.